The predicted octanol–water partition coefficient (Wildman–Crippen LogP) is 5.25. The average Bonchev–Trinajstić information content (AvgIpc) is 3.38. The molecule has 0 atom stereocenters. The van der Waals surface area contributed by atoms with Crippen LogP contribution in [0.3, 0.4) is 0 Å². The molecule has 3 heterocycles. The zero-order valence-corrected chi connectivity index (χ0v) is 19.4. The van der Waals surface area contributed by atoms with Gasteiger partial charge in [-0.1, -0.05) is 46.4 Å². The lowest BCUT2D eigenvalue weighted by atomic mass is 10.2. The number of carbonyl (C=O) groups is 1. The van der Waals surface area contributed by atoms with Crippen molar-refractivity contribution in [2.45, 2.75) is 38.6 Å². The van der Waals surface area contributed by atoms with Gasteiger partial charge in [0, 0.05) is 30.6 Å². The number of carbonyl (C=O) groups excluding carboxylic acids is 1. The maximum absolute atomic E-state index is 12.6. The Kier molecular flexibility index (Phi) is 6.28. The van der Waals surface area contributed by atoms with Gasteiger partial charge in [-0.2, -0.15) is 4.98 Å². The van der Waals surface area contributed by atoms with Gasteiger partial charge in [0.2, 0.25) is 11.7 Å². The van der Waals surface area contributed by atoms with Gasteiger partial charge < -0.3 is 9.42 Å². The summed E-state index contributed by atoms with van der Waals surface area (Å²) >= 11 is 12.1. The van der Waals surface area contributed by atoms with Crippen molar-refractivity contribution in [3.05, 3.63) is 46.4 Å². The molecule has 0 saturated carbocycles. The van der Waals surface area contributed by atoms with E-state index in [0.29, 0.717) is 45.8 Å². The number of hydrogen-bond acceptors (Lipinski definition) is 6. The fourth-order valence-corrected chi connectivity index (χ4v) is 4.34. The van der Waals surface area contributed by atoms with E-state index in [4.69, 9.17) is 27.7 Å². The van der Waals surface area contributed by atoms with E-state index in [9.17, 15) is 4.79 Å². The largest absolute Gasteiger partial charge is 0.343 e. The summed E-state index contributed by atoms with van der Waals surface area (Å²) < 4.78 is 7.17. The Morgan fingerprint density at radius 3 is 2.55 bits per heavy atom. The zero-order valence-electron chi connectivity index (χ0n) is 17.9. The second-order valence-electron chi connectivity index (χ2n) is 8.11. The summed E-state index contributed by atoms with van der Waals surface area (Å²) in [5.41, 5.74) is 3.00. The van der Waals surface area contributed by atoms with Gasteiger partial charge >= 0.3 is 0 Å². The second kappa shape index (κ2) is 9.49. The van der Waals surface area contributed by atoms with Gasteiger partial charge in [-0.25, -0.2) is 4.68 Å². The molecule has 1 aliphatic heterocycles. The van der Waals surface area contributed by atoms with Crippen LogP contribution in [0.2, 0.25) is 10.0 Å². The topological polar surface area (TPSA) is 89.9 Å². The smallest absolute Gasteiger partial charge is 0.258 e. The number of halogens is 2. The van der Waals surface area contributed by atoms with E-state index in [1.165, 1.54) is 12.8 Å². The molecule has 170 valence electrons. The van der Waals surface area contributed by atoms with Crippen molar-refractivity contribution in [1.29, 1.82) is 0 Å². The molecule has 0 spiro atoms. The van der Waals surface area contributed by atoms with Crippen LogP contribution in [0.25, 0.3) is 33.9 Å². The van der Waals surface area contributed by atoms with Gasteiger partial charge in [0.25, 0.3) is 5.89 Å². The zero-order chi connectivity index (χ0) is 22.8. The van der Waals surface area contributed by atoms with Crippen molar-refractivity contribution in [2.75, 3.05) is 13.1 Å². The van der Waals surface area contributed by atoms with E-state index in [2.05, 4.69) is 20.5 Å². The highest BCUT2D eigenvalue weighted by molar-refractivity contribution is 6.42. The molecule has 1 fully saturated rings. The third kappa shape index (κ3) is 4.72. The Morgan fingerprint density at radius 2 is 1.76 bits per heavy atom. The number of aromatic nitrogens is 5. The molecule has 2 aromatic carbocycles. The number of benzene rings is 2. The van der Waals surface area contributed by atoms with Crippen LogP contribution in [0.4, 0.5) is 0 Å². The third-order valence-corrected chi connectivity index (χ3v) is 6.60. The van der Waals surface area contributed by atoms with E-state index in [1.54, 1.807) is 22.9 Å². The Bertz CT molecular complexity index is 1290. The van der Waals surface area contributed by atoms with Crippen molar-refractivity contribution in [3.63, 3.8) is 0 Å². The number of hydrogen-bond donors (Lipinski definition) is 0. The standard InChI is InChI=1S/C23H22Cl2N6O2/c24-17-7-5-16(13-18(17)25)23-26-22(28-33-23)15-6-8-20-19(14-15)27-29-31(20)12-9-21(32)30-10-3-1-2-4-11-30/h5-8,13-14H,1-4,9-12H2. The first-order valence-corrected chi connectivity index (χ1v) is 11.7. The monoisotopic (exact) mass is 484 g/mol. The molecule has 2 aromatic heterocycles. The molecule has 33 heavy (non-hydrogen) atoms. The van der Waals surface area contributed by atoms with Crippen LogP contribution in [0.1, 0.15) is 32.1 Å². The number of amides is 1. The fraction of sp³-hybridized carbons (Fsp3) is 0.348. The van der Waals surface area contributed by atoms with Crippen molar-refractivity contribution in [1.82, 2.24) is 30.0 Å². The first-order valence-electron chi connectivity index (χ1n) is 11.0. The fourth-order valence-electron chi connectivity index (χ4n) is 4.04. The summed E-state index contributed by atoms with van der Waals surface area (Å²) in [6.07, 6.45) is 5.00. The summed E-state index contributed by atoms with van der Waals surface area (Å²) in [5, 5.41) is 13.5. The molecule has 1 aliphatic rings. The van der Waals surface area contributed by atoms with E-state index in [-0.39, 0.29) is 5.91 Å². The van der Waals surface area contributed by atoms with E-state index in [1.807, 2.05) is 23.1 Å². The molecule has 0 aliphatic carbocycles. The van der Waals surface area contributed by atoms with Gasteiger partial charge in [-0.05, 0) is 49.2 Å². The molecule has 4 aromatic rings. The average molecular weight is 485 g/mol. The lowest BCUT2D eigenvalue weighted by molar-refractivity contribution is -0.131. The third-order valence-electron chi connectivity index (χ3n) is 5.86. The highest BCUT2D eigenvalue weighted by Crippen LogP contribution is 2.29. The van der Waals surface area contributed by atoms with Crippen LogP contribution in [-0.4, -0.2) is 49.0 Å². The summed E-state index contributed by atoms with van der Waals surface area (Å²) in [7, 11) is 0. The van der Waals surface area contributed by atoms with E-state index in [0.717, 1.165) is 37.0 Å². The summed E-state index contributed by atoms with van der Waals surface area (Å²) in [6, 6.07) is 10.8. The minimum absolute atomic E-state index is 0.179. The van der Waals surface area contributed by atoms with Crippen LogP contribution in [0, 0.1) is 0 Å². The summed E-state index contributed by atoms with van der Waals surface area (Å²) in [4.78, 5) is 19.0. The molecule has 1 saturated heterocycles. The van der Waals surface area contributed by atoms with Crippen molar-refractivity contribution in [2.24, 2.45) is 0 Å². The first kappa shape index (κ1) is 21.9. The first-order chi connectivity index (χ1) is 16.1. The molecule has 5 rings (SSSR count). The van der Waals surface area contributed by atoms with Gasteiger partial charge in [0.15, 0.2) is 0 Å². The molecule has 1 amide bonds. The Hall–Kier alpha value is -2.97. The lowest BCUT2D eigenvalue weighted by Gasteiger charge is -2.20. The Labute approximate surface area is 200 Å². The molecular weight excluding hydrogens is 463 g/mol. The second-order valence-corrected chi connectivity index (χ2v) is 8.93. The Morgan fingerprint density at radius 1 is 0.970 bits per heavy atom. The molecule has 0 radical (unpaired) electrons. The summed E-state index contributed by atoms with van der Waals surface area (Å²) in [5.74, 6) is 0.960. The maximum atomic E-state index is 12.6. The van der Waals surface area contributed by atoms with Crippen LogP contribution < -0.4 is 0 Å². The van der Waals surface area contributed by atoms with Crippen LogP contribution in [-0.2, 0) is 11.3 Å². The van der Waals surface area contributed by atoms with Gasteiger partial charge in [-0.15, -0.1) is 5.10 Å². The quantitative estimate of drug-likeness (QED) is 0.384. The molecule has 10 heteroatoms. The van der Waals surface area contributed by atoms with Crippen LogP contribution in [0.5, 0.6) is 0 Å². The maximum Gasteiger partial charge on any atom is 0.258 e. The van der Waals surface area contributed by atoms with Crippen molar-refractivity contribution in [3.8, 4) is 22.8 Å². The minimum atomic E-state index is 0.179. The normalized spacial score (nSPS) is 14.5. The molecule has 0 unspecified atom stereocenters. The molecule has 0 bridgehead atoms. The number of aryl methyl sites for hydroxylation is 1. The number of rotatable bonds is 5. The predicted molar refractivity (Wildman–Crippen MR) is 126 cm³/mol. The number of fused-ring (bicyclic) bond motifs is 1. The highest BCUT2D eigenvalue weighted by atomic mass is 35.5. The molecular formula is C23H22Cl2N6O2. The molecule has 0 N–H and O–H groups in total. The van der Waals surface area contributed by atoms with Gasteiger partial charge in [-0.3, -0.25) is 4.79 Å². The Balaban J connectivity index is 1.30. The van der Waals surface area contributed by atoms with Gasteiger partial charge in [0.1, 0.15) is 5.52 Å². The SMILES string of the molecule is O=C(CCn1nnc2cc(-c3noc(-c4ccc(Cl)c(Cl)c4)n3)ccc21)N1CCCCCC1. The molecule has 8 nitrogen and oxygen atoms in total. The van der Waals surface area contributed by atoms with E-state index >= 15 is 0 Å². The summed E-state index contributed by atoms with van der Waals surface area (Å²) in [6.45, 7) is 2.21. The van der Waals surface area contributed by atoms with Crippen LogP contribution in [0.15, 0.2) is 40.9 Å². The number of likely N-dealkylation sites (tertiary alicyclic amines) is 1. The van der Waals surface area contributed by atoms with Gasteiger partial charge in [0.05, 0.1) is 22.1 Å². The minimum Gasteiger partial charge on any atom is -0.343 e. The highest BCUT2D eigenvalue weighted by Gasteiger charge is 2.17. The van der Waals surface area contributed by atoms with Crippen molar-refractivity contribution < 1.29 is 9.32 Å². The van der Waals surface area contributed by atoms with E-state index < -0.39 is 0 Å². The lowest BCUT2D eigenvalue weighted by Crippen LogP contribution is -2.32. The van der Waals surface area contributed by atoms with Crippen LogP contribution >= 0.6 is 23.2 Å². The van der Waals surface area contributed by atoms with Crippen molar-refractivity contribution >= 4 is 40.1 Å². The number of nitrogens with zero attached hydrogens (tertiary/aromatic N) is 6.